The molecular weight excluding hydrogens is 398 g/mol. The zero-order valence-corrected chi connectivity index (χ0v) is 16.4. The molecule has 2 aromatic carbocycles. The van der Waals surface area contributed by atoms with Gasteiger partial charge < -0.3 is 4.74 Å². The van der Waals surface area contributed by atoms with Gasteiger partial charge in [0, 0.05) is 18.1 Å². The number of nitrogens with zero attached hydrogens (tertiary/aromatic N) is 1. The second-order valence-corrected chi connectivity index (χ2v) is 10.7. The molecule has 0 amide bonds. The average molecular weight is 416 g/mol. The van der Waals surface area contributed by atoms with Gasteiger partial charge >= 0.3 is 0 Å². The molecule has 0 aliphatic carbocycles. The van der Waals surface area contributed by atoms with Gasteiger partial charge in [0.25, 0.3) is 0 Å². The molecule has 0 N–H and O–H groups in total. The number of ether oxygens (including phenoxy) is 1. The monoisotopic (exact) mass is 415 g/mol. The van der Waals surface area contributed by atoms with Crippen molar-refractivity contribution in [2.24, 2.45) is 0 Å². The number of benzene rings is 2. The van der Waals surface area contributed by atoms with Crippen LogP contribution in [0.15, 0.2) is 53.4 Å². The minimum atomic E-state index is -3.58. The van der Waals surface area contributed by atoms with Crippen molar-refractivity contribution >= 4 is 31.5 Å². The second-order valence-electron chi connectivity index (χ2n) is 6.04. The summed E-state index contributed by atoms with van der Waals surface area (Å²) in [6, 6.07) is 12.6. The average Bonchev–Trinajstić information content (AvgIpc) is 2.55. The molecule has 1 aliphatic rings. The van der Waals surface area contributed by atoms with Gasteiger partial charge in [0.05, 0.1) is 23.0 Å². The minimum Gasteiger partial charge on any atom is -0.497 e. The number of methoxy groups -OCH3 is 1. The maximum absolute atomic E-state index is 12.6. The summed E-state index contributed by atoms with van der Waals surface area (Å²) in [6.07, 6.45) is 0. The minimum absolute atomic E-state index is 0.0374. The zero-order valence-electron chi connectivity index (χ0n) is 14.0. The van der Waals surface area contributed by atoms with Gasteiger partial charge in [0.1, 0.15) is 5.75 Å². The summed E-state index contributed by atoms with van der Waals surface area (Å²) < 4.78 is 56.3. The third kappa shape index (κ3) is 3.88. The van der Waals surface area contributed by atoms with E-state index in [9.17, 15) is 16.8 Å². The van der Waals surface area contributed by atoms with E-state index < -0.39 is 25.1 Å². The van der Waals surface area contributed by atoms with E-state index in [1.165, 1.54) is 23.5 Å². The summed E-state index contributed by atoms with van der Waals surface area (Å²) in [4.78, 5) is 0.165. The summed E-state index contributed by atoms with van der Waals surface area (Å²) in [7, 11) is -5.65. The Labute approximate surface area is 158 Å². The third-order valence-corrected chi connectivity index (χ3v) is 8.44. The highest BCUT2D eigenvalue weighted by molar-refractivity contribution is 7.92. The van der Waals surface area contributed by atoms with Crippen LogP contribution in [0.3, 0.4) is 0 Å². The molecule has 0 saturated carbocycles. The van der Waals surface area contributed by atoms with E-state index >= 15 is 0 Å². The quantitative estimate of drug-likeness (QED) is 0.723. The number of halogens is 1. The van der Waals surface area contributed by atoms with Gasteiger partial charge in [-0.25, -0.2) is 16.8 Å². The van der Waals surface area contributed by atoms with E-state index in [1.807, 2.05) is 0 Å². The molecule has 0 atom stereocenters. The summed E-state index contributed by atoms with van der Waals surface area (Å²) in [6.45, 7) is -0.0748. The van der Waals surface area contributed by atoms with E-state index in [4.69, 9.17) is 16.3 Å². The number of sulfonamides is 1. The topological polar surface area (TPSA) is 80.8 Å². The number of hydrogen-bond acceptors (Lipinski definition) is 5. The first-order chi connectivity index (χ1) is 12.2. The number of sulfone groups is 1. The van der Waals surface area contributed by atoms with Crippen LogP contribution in [0.5, 0.6) is 5.75 Å². The van der Waals surface area contributed by atoms with E-state index in [1.54, 1.807) is 36.4 Å². The molecule has 6 nitrogen and oxygen atoms in total. The van der Waals surface area contributed by atoms with Crippen molar-refractivity contribution < 1.29 is 21.6 Å². The molecular formula is C17H18ClNO5S2. The fraction of sp³-hybridized carbons (Fsp3) is 0.294. The molecule has 0 spiro atoms. The van der Waals surface area contributed by atoms with Crippen LogP contribution in [0.1, 0.15) is 5.56 Å². The Kier molecular flexibility index (Phi) is 5.30. The Morgan fingerprint density at radius 3 is 2.12 bits per heavy atom. The van der Waals surface area contributed by atoms with Gasteiger partial charge in [-0.05, 0) is 42.0 Å². The Bertz CT molecular complexity index is 980. The van der Waals surface area contributed by atoms with E-state index in [0.29, 0.717) is 16.3 Å². The highest BCUT2D eigenvalue weighted by atomic mass is 35.5. The Morgan fingerprint density at radius 1 is 1.00 bits per heavy atom. The number of hydrogen-bond donors (Lipinski definition) is 0. The van der Waals surface area contributed by atoms with Crippen molar-refractivity contribution in [1.82, 2.24) is 4.31 Å². The normalized spacial score (nSPS) is 16.2. The number of rotatable bonds is 6. The maximum Gasteiger partial charge on any atom is 0.218 e. The van der Waals surface area contributed by atoms with Crippen LogP contribution < -0.4 is 4.74 Å². The molecule has 2 aromatic rings. The van der Waals surface area contributed by atoms with E-state index in [2.05, 4.69) is 0 Å². The van der Waals surface area contributed by atoms with Crippen LogP contribution in [0.2, 0.25) is 5.02 Å². The molecule has 0 unspecified atom stereocenters. The smallest absolute Gasteiger partial charge is 0.218 e. The second kappa shape index (κ2) is 7.19. The standard InChI is InChI=1S/C17H18ClNO5S2/c1-24-15-6-8-16(9-7-15)26(22,23)17-10-19(11-17)25(20,21)12-13-2-4-14(18)5-3-13/h2-9,17H,10-12H2,1H3. The SMILES string of the molecule is COc1ccc(S(=O)(=O)C2CN(S(=O)(=O)Cc3ccc(Cl)cc3)C2)cc1. The predicted octanol–water partition coefficient (Wildman–Crippen LogP) is 2.34. The lowest BCUT2D eigenvalue weighted by Crippen LogP contribution is -2.56. The third-order valence-electron chi connectivity index (χ3n) is 4.30. The maximum atomic E-state index is 12.6. The highest BCUT2D eigenvalue weighted by Crippen LogP contribution is 2.28. The first-order valence-corrected chi connectivity index (χ1v) is 11.4. The Hall–Kier alpha value is -1.61. The molecule has 140 valence electrons. The van der Waals surface area contributed by atoms with Crippen LogP contribution in [0.25, 0.3) is 0 Å². The van der Waals surface area contributed by atoms with Crippen LogP contribution >= 0.6 is 11.6 Å². The van der Waals surface area contributed by atoms with Crippen LogP contribution in [-0.2, 0) is 25.6 Å². The zero-order chi connectivity index (χ0) is 18.9. The first-order valence-electron chi connectivity index (χ1n) is 7.82. The Morgan fingerprint density at radius 2 is 1.58 bits per heavy atom. The molecule has 1 fully saturated rings. The lowest BCUT2D eigenvalue weighted by molar-refractivity contribution is 0.309. The van der Waals surface area contributed by atoms with Crippen molar-refractivity contribution in [2.75, 3.05) is 20.2 Å². The summed E-state index contributed by atoms with van der Waals surface area (Å²) in [5.41, 5.74) is 0.607. The van der Waals surface area contributed by atoms with Gasteiger partial charge in [-0.1, -0.05) is 23.7 Å². The van der Waals surface area contributed by atoms with Gasteiger partial charge in [-0.3, -0.25) is 0 Å². The van der Waals surface area contributed by atoms with E-state index in [-0.39, 0.29) is 23.7 Å². The predicted molar refractivity (Wildman–Crippen MR) is 99.6 cm³/mol. The molecule has 3 rings (SSSR count). The molecule has 1 saturated heterocycles. The van der Waals surface area contributed by atoms with Gasteiger partial charge in [-0.2, -0.15) is 4.31 Å². The van der Waals surface area contributed by atoms with Gasteiger partial charge in [0.15, 0.2) is 9.84 Å². The highest BCUT2D eigenvalue weighted by Gasteiger charge is 2.43. The van der Waals surface area contributed by atoms with Crippen LogP contribution in [0, 0.1) is 0 Å². The van der Waals surface area contributed by atoms with Crippen molar-refractivity contribution in [3.05, 3.63) is 59.1 Å². The van der Waals surface area contributed by atoms with Crippen molar-refractivity contribution in [3.8, 4) is 5.75 Å². The lowest BCUT2D eigenvalue weighted by atomic mass is 10.2. The van der Waals surface area contributed by atoms with Crippen molar-refractivity contribution in [1.29, 1.82) is 0 Å². The fourth-order valence-electron chi connectivity index (χ4n) is 2.66. The van der Waals surface area contributed by atoms with Crippen molar-refractivity contribution in [3.63, 3.8) is 0 Å². The summed E-state index contributed by atoms with van der Waals surface area (Å²) in [5.74, 6) is 0.379. The van der Waals surface area contributed by atoms with Gasteiger partial charge in [-0.15, -0.1) is 0 Å². The largest absolute Gasteiger partial charge is 0.497 e. The van der Waals surface area contributed by atoms with E-state index in [0.717, 1.165) is 0 Å². The molecule has 0 bridgehead atoms. The lowest BCUT2D eigenvalue weighted by Gasteiger charge is -2.37. The molecule has 0 radical (unpaired) electrons. The Balaban J connectivity index is 1.67. The van der Waals surface area contributed by atoms with Crippen LogP contribution in [-0.4, -0.2) is 46.6 Å². The van der Waals surface area contributed by atoms with Gasteiger partial charge in [0.2, 0.25) is 10.0 Å². The molecule has 1 aliphatic heterocycles. The van der Waals surface area contributed by atoms with Crippen LogP contribution in [0.4, 0.5) is 0 Å². The molecule has 1 heterocycles. The van der Waals surface area contributed by atoms with Crippen molar-refractivity contribution in [2.45, 2.75) is 15.9 Å². The fourth-order valence-corrected chi connectivity index (χ4v) is 6.24. The molecule has 0 aromatic heterocycles. The summed E-state index contributed by atoms with van der Waals surface area (Å²) >= 11 is 5.80. The first kappa shape index (κ1) is 19.2. The molecule has 26 heavy (non-hydrogen) atoms. The molecule has 9 heteroatoms. The summed E-state index contributed by atoms with van der Waals surface area (Å²) in [5, 5.41) is -0.211.